The average molecular weight is 372 g/mol. The van der Waals surface area contributed by atoms with Gasteiger partial charge in [-0.2, -0.15) is 5.26 Å². The van der Waals surface area contributed by atoms with E-state index in [1.165, 1.54) is 0 Å². The normalized spacial score (nSPS) is 10.5. The first-order chi connectivity index (χ1) is 13.5. The minimum absolute atomic E-state index is 0.0676. The molecule has 0 saturated carbocycles. The number of nitrogens with one attached hydrogen (secondary N) is 2. The third kappa shape index (κ3) is 4.12. The van der Waals surface area contributed by atoms with E-state index < -0.39 is 0 Å². The highest BCUT2D eigenvalue weighted by Crippen LogP contribution is 2.29. The van der Waals surface area contributed by atoms with Gasteiger partial charge in [0, 0.05) is 30.2 Å². The van der Waals surface area contributed by atoms with Crippen LogP contribution in [0.2, 0.25) is 0 Å². The van der Waals surface area contributed by atoms with Gasteiger partial charge in [-0.1, -0.05) is 30.7 Å². The molecule has 1 amide bonds. The zero-order chi connectivity index (χ0) is 20.1. The van der Waals surface area contributed by atoms with Gasteiger partial charge in [-0.15, -0.1) is 0 Å². The lowest BCUT2D eigenvalue weighted by Crippen LogP contribution is -2.24. The fourth-order valence-corrected chi connectivity index (χ4v) is 3.29. The Hall–Kier alpha value is -3.39. The number of carbonyl (C=O) groups is 1. The number of aromatic nitrogens is 1. The molecule has 0 fully saturated rings. The molecule has 0 bridgehead atoms. The molecule has 0 aliphatic rings. The Labute approximate surface area is 165 Å². The Morgan fingerprint density at radius 3 is 2.79 bits per heavy atom. The highest BCUT2D eigenvalue weighted by atomic mass is 16.1. The molecule has 1 heterocycles. The molecular formula is C23H24N4O. The Bertz CT molecular complexity index is 1070. The van der Waals surface area contributed by atoms with Crippen molar-refractivity contribution in [2.24, 2.45) is 0 Å². The largest absolute Gasteiger partial charge is 0.379 e. The summed E-state index contributed by atoms with van der Waals surface area (Å²) >= 11 is 0. The van der Waals surface area contributed by atoms with Crippen molar-refractivity contribution < 1.29 is 4.79 Å². The third-order valence-corrected chi connectivity index (χ3v) is 4.62. The summed E-state index contributed by atoms with van der Waals surface area (Å²) in [6.07, 6.45) is 2.51. The van der Waals surface area contributed by atoms with Crippen LogP contribution in [0.3, 0.4) is 0 Å². The van der Waals surface area contributed by atoms with Crippen molar-refractivity contribution in [2.75, 3.05) is 11.9 Å². The first kappa shape index (κ1) is 19.4. The van der Waals surface area contributed by atoms with Crippen LogP contribution in [0, 0.1) is 25.2 Å². The molecule has 0 unspecified atom stereocenters. The molecule has 1 aromatic heterocycles. The van der Waals surface area contributed by atoms with E-state index in [1.807, 2.05) is 51.1 Å². The van der Waals surface area contributed by atoms with Crippen LogP contribution in [0.4, 0.5) is 5.69 Å². The number of nitrogens with zero attached hydrogens (tertiary/aromatic N) is 2. The van der Waals surface area contributed by atoms with E-state index in [4.69, 9.17) is 0 Å². The molecule has 5 heteroatoms. The molecule has 0 aliphatic heterocycles. The van der Waals surface area contributed by atoms with Gasteiger partial charge in [0.15, 0.2) is 0 Å². The zero-order valence-corrected chi connectivity index (χ0v) is 16.5. The summed E-state index contributed by atoms with van der Waals surface area (Å²) in [4.78, 5) is 16.7. The Balaban J connectivity index is 1.90. The van der Waals surface area contributed by atoms with Gasteiger partial charge in [0.25, 0.3) is 5.91 Å². The summed E-state index contributed by atoms with van der Waals surface area (Å²) in [7, 11) is 0. The Kier molecular flexibility index (Phi) is 5.90. The number of fused-ring (bicyclic) bond motifs is 1. The molecule has 0 aliphatic carbocycles. The molecular weight excluding hydrogens is 348 g/mol. The summed E-state index contributed by atoms with van der Waals surface area (Å²) in [5.74, 6) is -0.0676. The van der Waals surface area contributed by atoms with Crippen LogP contribution in [-0.2, 0) is 6.54 Å². The quantitative estimate of drug-likeness (QED) is 0.669. The zero-order valence-electron chi connectivity index (χ0n) is 16.5. The summed E-state index contributed by atoms with van der Waals surface area (Å²) in [5, 5.41) is 16.8. The van der Waals surface area contributed by atoms with Crippen molar-refractivity contribution in [3.8, 4) is 6.07 Å². The number of aryl methyl sites for hydroxylation is 2. The van der Waals surface area contributed by atoms with E-state index in [-0.39, 0.29) is 5.91 Å². The minimum Gasteiger partial charge on any atom is -0.379 e. The molecule has 0 spiro atoms. The van der Waals surface area contributed by atoms with Gasteiger partial charge in [-0.3, -0.25) is 9.78 Å². The van der Waals surface area contributed by atoms with E-state index in [9.17, 15) is 10.1 Å². The van der Waals surface area contributed by atoms with E-state index >= 15 is 0 Å². The molecule has 0 atom stereocenters. The van der Waals surface area contributed by atoms with Crippen molar-refractivity contribution in [2.45, 2.75) is 33.7 Å². The standard InChI is InChI=1S/C23H24N4O/c1-4-8-25-23(28)18-7-5-6-17(11-18)13-26-22-19(12-24)14-27-21-16(3)9-15(2)10-20(21)22/h5-7,9-11,14H,4,8,13H2,1-3H3,(H,25,28)(H,26,27). The maximum atomic E-state index is 12.2. The second-order valence-corrected chi connectivity index (χ2v) is 6.95. The lowest BCUT2D eigenvalue weighted by molar-refractivity contribution is 0.0953. The number of amides is 1. The molecule has 2 aromatic carbocycles. The molecule has 5 nitrogen and oxygen atoms in total. The molecule has 0 radical (unpaired) electrons. The third-order valence-electron chi connectivity index (χ3n) is 4.62. The fraction of sp³-hybridized carbons (Fsp3) is 0.261. The van der Waals surface area contributed by atoms with Gasteiger partial charge >= 0.3 is 0 Å². The monoisotopic (exact) mass is 372 g/mol. The topological polar surface area (TPSA) is 77.8 Å². The van der Waals surface area contributed by atoms with Gasteiger partial charge in [-0.05, 0) is 49.6 Å². The van der Waals surface area contributed by atoms with Crippen molar-refractivity contribution >= 4 is 22.5 Å². The predicted octanol–water partition coefficient (Wildman–Crippen LogP) is 4.48. The predicted molar refractivity (Wildman–Crippen MR) is 112 cm³/mol. The highest BCUT2D eigenvalue weighted by Gasteiger charge is 2.12. The van der Waals surface area contributed by atoms with Crippen molar-refractivity contribution in [3.05, 3.63) is 70.4 Å². The maximum Gasteiger partial charge on any atom is 0.251 e. The molecule has 3 rings (SSSR count). The van der Waals surface area contributed by atoms with Gasteiger partial charge < -0.3 is 10.6 Å². The number of rotatable bonds is 6. The Morgan fingerprint density at radius 1 is 1.21 bits per heavy atom. The molecule has 28 heavy (non-hydrogen) atoms. The van der Waals surface area contributed by atoms with Gasteiger partial charge in [0.1, 0.15) is 6.07 Å². The van der Waals surface area contributed by atoms with Crippen LogP contribution in [0.25, 0.3) is 10.9 Å². The lowest BCUT2D eigenvalue weighted by atomic mass is 10.0. The number of anilines is 1. The number of carbonyl (C=O) groups excluding carboxylic acids is 1. The van der Waals surface area contributed by atoms with Crippen molar-refractivity contribution in [1.82, 2.24) is 10.3 Å². The SMILES string of the molecule is CCCNC(=O)c1cccc(CNc2c(C#N)cnc3c(C)cc(C)cc23)c1. The second-order valence-electron chi connectivity index (χ2n) is 6.95. The van der Waals surface area contributed by atoms with Gasteiger partial charge in [0.05, 0.1) is 16.8 Å². The van der Waals surface area contributed by atoms with Crippen LogP contribution >= 0.6 is 0 Å². The van der Waals surface area contributed by atoms with Crippen LogP contribution in [0.15, 0.2) is 42.6 Å². The maximum absolute atomic E-state index is 12.2. The number of hydrogen-bond acceptors (Lipinski definition) is 4. The van der Waals surface area contributed by atoms with Crippen LogP contribution in [0.5, 0.6) is 0 Å². The first-order valence-corrected chi connectivity index (χ1v) is 9.44. The number of hydrogen-bond donors (Lipinski definition) is 2. The Morgan fingerprint density at radius 2 is 2.04 bits per heavy atom. The van der Waals surface area contributed by atoms with Crippen LogP contribution in [-0.4, -0.2) is 17.4 Å². The van der Waals surface area contributed by atoms with Crippen LogP contribution in [0.1, 0.15) is 46.0 Å². The van der Waals surface area contributed by atoms with Crippen molar-refractivity contribution in [1.29, 1.82) is 5.26 Å². The highest BCUT2D eigenvalue weighted by molar-refractivity contribution is 5.96. The molecule has 3 aromatic rings. The van der Waals surface area contributed by atoms with E-state index in [0.717, 1.165) is 39.7 Å². The second kappa shape index (κ2) is 8.53. The minimum atomic E-state index is -0.0676. The number of benzene rings is 2. The average Bonchev–Trinajstić information content (AvgIpc) is 2.70. The van der Waals surface area contributed by atoms with E-state index in [0.29, 0.717) is 24.2 Å². The lowest BCUT2D eigenvalue weighted by Gasteiger charge is -2.14. The van der Waals surface area contributed by atoms with Gasteiger partial charge in [-0.25, -0.2) is 0 Å². The fourth-order valence-electron chi connectivity index (χ4n) is 3.29. The number of nitriles is 1. The van der Waals surface area contributed by atoms with Gasteiger partial charge in [0.2, 0.25) is 0 Å². The van der Waals surface area contributed by atoms with E-state index in [1.54, 1.807) is 6.20 Å². The smallest absolute Gasteiger partial charge is 0.251 e. The van der Waals surface area contributed by atoms with E-state index in [2.05, 4.69) is 27.8 Å². The number of pyridine rings is 1. The summed E-state index contributed by atoms with van der Waals surface area (Å²) in [6, 6.07) is 13.9. The molecule has 2 N–H and O–H groups in total. The molecule has 142 valence electrons. The first-order valence-electron chi connectivity index (χ1n) is 9.44. The molecule has 0 saturated heterocycles. The van der Waals surface area contributed by atoms with Crippen molar-refractivity contribution in [3.63, 3.8) is 0 Å². The summed E-state index contributed by atoms with van der Waals surface area (Å²) in [6.45, 7) is 7.25. The summed E-state index contributed by atoms with van der Waals surface area (Å²) < 4.78 is 0. The summed E-state index contributed by atoms with van der Waals surface area (Å²) in [5.41, 5.74) is 5.99. The van der Waals surface area contributed by atoms with Crippen LogP contribution < -0.4 is 10.6 Å².